The van der Waals surface area contributed by atoms with E-state index in [4.69, 9.17) is 4.74 Å². The Bertz CT molecular complexity index is 1390. The number of ether oxygens (including phenoxy) is 1. The Morgan fingerprint density at radius 1 is 1.06 bits per heavy atom. The number of barbiturate groups is 1. The van der Waals surface area contributed by atoms with E-state index in [1.54, 1.807) is 42.5 Å². The maximum absolute atomic E-state index is 13.4. The first-order chi connectivity index (χ1) is 16.6. The van der Waals surface area contributed by atoms with E-state index in [1.807, 2.05) is 6.92 Å². The summed E-state index contributed by atoms with van der Waals surface area (Å²) in [7, 11) is 0. The van der Waals surface area contributed by atoms with Gasteiger partial charge in [0.1, 0.15) is 23.7 Å². The van der Waals surface area contributed by atoms with Crippen molar-refractivity contribution >= 4 is 84.1 Å². The minimum Gasteiger partial charge on any atom is -0.487 e. The Hall–Kier alpha value is -2.57. The lowest BCUT2D eigenvalue weighted by atomic mass is 10.1. The van der Waals surface area contributed by atoms with Crippen molar-refractivity contribution < 1.29 is 23.5 Å². The van der Waals surface area contributed by atoms with Gasteiger partial charge in [-0.05, 0) is 111 Å². The second-order valence-corrected chi connectivity index (χ2v) is 10.5. The molecule has 0 saturated carbocycles. The van der Waals surface area contributed by atoms with Crippen LogP contribution in [0.1, 0.15) is 16.7 Å². The van der Waals surface area contributed by atoms with Gasteiger partial charge in [-0.3, -0.25) is 14.9 Å². The van der Waals surface area contributed by atoms with Gasteiger partial charge in [-0.1, -0.05) is 28.1 Å². The first-order valence-corrected chi connectivity index (χ1v) is 12.8. The number of carbonyl (C=O) groups excluding carboxylic acids is 3. The van der Waals surface area contributed by atoms with Crippen LogP contribution in [0, 0.1) is 16.3 Å². The summed E-state index contributed by atoms with van der Waals surface area (Å²) in [6.07, 6.45) is 1.42. The minimum atomic E-state index is -0.810. The number of hydrogen-bond acceptors (Lipinski definition) is 4. The molecule has 1 heterocycles. The van der Waals surface area contributed by atoms with Gasteiger partial charge in [0, 0.05) is 4.47 Å². The van der Waals surface area contributed by atoms with Crippen LogP contribution in [-0.2, 0) is 16.2 Å². The van der Waals surface area contributed by atoms with Gasteiger partial charge in [-0.2, -0.15) is 0 Å². The van der Waals surface area contributed by atoms with E-state index >= 15 is 0 Å². The molecule has 0 spiro atoms. The Labute approximate surface area is 230 Å². The number of aryl methyl sites for hydroxylation is 1. The van der Waals surface area contributed by atoms with E-state index < -0.39 is 17.8 Å². The lowest BCUT2D eigenvalue weighted by molar-refractivity contribution is -0.122. The molecule has 1 saturated heterocycles. The molecule has 3 aromatic rings. The molecule has 0 bridgehead atoms. The third-order valence-corrected chi connectivity index (χ3v) is 7.39. The number of halogens is 4. The first-order valence-electron chi connectivity index (χ1n) is 10.2. The number of hydrogen-bond donors (Lipinski definition) is 1. The van der Waals surface area contributed by atoms with Crippen LogP contribution in [-0.4, -0.2) is 17.8 Å². The van der Waals surface area contributed by atoms with Crippen LogP contribution in [0.2, 0.25) is 0 Å². The third kappa shape index (κ3) is 5.65. The highest BCUT2D eigenvalue weighted by Crippen LogP contribution is 2.34. The smallest absolute Gasteiger partial charge is 0.335 e. The Kier molecular flexibility index (Phi) is 7.72. The van der Waals surface area contributed by atoms with Crippen LogP contribution in [0.4, 0.5) is 14.9 Å². The van der Waals surface area contributed by atoms with Crippen molar-refractivity contribution in [2.45, 2.75) is 13.5 Å². The summed E-state index contributed by atoms with van der Waals surface area (Å²) in [6, 6.07) is 13.8. The SMILES string of the molecule is Cc1cc(N2C(=O)NC(=O)/C(=C\c3cc(Br)c(OCc4cccc(F)c4)c(I)c3)C2=O)ccc1Br. The average Bonchev–Trinajstić information content (AvgIpc) is 2.78. The quantitative estimate of drug-likeness (QED) is 0.186. The molecule has 0 aliphatic carbocycles. The molecule has 178 valence electrons. The zero-order valence-corrected chi connectivity index (χ0v) is 23.4. The number of nitrogens with one attached hydrogen (secondary N) is 1. The highest BCUT2D eigenvalue weighted by atomic mass is 127. The van der Waals surface area contributed by atoms with E-state index in [1.165, 1.54) is 18.2 Å². The molecule has 0 atom stereocenters. The van der Waals surface area contributed by atoms with E-state index in [-0.39, 0.29) is 18.0 Å². The second kappa shape index (κ2) is 10.6. The van der Waals surface area contributed by atoms with Crippen molar-refractivity contribution in [3.8, 4) is 5.75 Å². The summed E-state index contributed by atoms with van der Waals surface area (Å²) >= 11 is 8.94. The van der Waals surface area contributed by atoms with Gasteiger partial charge < -0.3 is 4.74 Å². The van der Waals surface area contributed by atoms with E-state index in [0.29, 0.717) is 30.6 Å². The fourth-order valence-corrected chi connectivity index (χ4v) is 5.42. The molecule has 0 radical (unpaired) electrons. The molecule has 0 aromatic heterocycles. The maximum Gasteiger partial charge on any atom is 0.335 e. The Balaban J connectivity index is 1.62. The molecule has 4 amide bonds. The largest absolute Gasteiger partial charge is 0.487 e. The van der Waals surface area contributed by atoms with E-state index in [0.717, 1.165) is 14.9 Å². The normalized spacial score (nSPS) is 14.9. The minimum absolute atomic E-state index is 0.164. The van der Waals surface area contributed by atoms with Crippen molar-refractivity contribution in [1.29, 1.82) is 0 Å². The summed E-state index contributed by atoms with van der Waals surface area (Å²) in [5.41, 5.74) is 2.23. The molecule has 1 fully saturated rings. The fourth-order valence-electron chi connectivity index (χ4n) is 3.41. The van der Waals surface area contributed by atoms with Gasteiger partial charge in [0.2, 0.25) is 0 Å². The maximum atomic E-state index is 13.4. The van der Waals surface area contributed by atoms with Crippen molar-refractivity contribution in [3.63, 3.8) is 0 Å². The van der Waals surface area contributed by atoms with Gasteiger partial charge in [0.25, 0.3) is 11.8 Å². The predicted molar refractivity (Wildman–Crippen MR) is 145 cm³/mol. The predicted octanol–water partition coefficient (Wildman–Crippen LogP) is 6.51. The number of nitrogens with zero attached hydrogens (tertiary/aromatic N) is 1. The highest BCUT2D eigenvalue weighted by molar-refractivity contribution is 14.1. The molecular formula is C25H16Br2FIN2O4. The number of amides is 4. The van der Waals surface area contributed by atoms with Crippen LogP contribution < -0.4 is 15.0 Å². The van der Waals surface area contributed by atoms with Gasteiger partial charge >= 0.3 is 6.03 Å². The topological polar surface area (TPSA) is 75.7 Å². The van der Waals surface area contributed by atoms with Crippen LogP contribution in [0.15, 0.2) is 69.1 Å². The molecule has 35 heavy (non-hydrogen) atoms. The van der Waals surface area contributed by atoms with Crippen molar-refractivity contribution in [3.05, 3.63) is 95.2 Å². The molecule has 3 aromatic carbocycles. The number of carbonyl (C=O) groups is 3. The Morgan fingerprint density at radius 2 is 1.83 bits per heavy atom. The first kappa shape index (κ1) is 25.5. The molecule has 1 N–H and O–H groups in total. The monoisotopic (exact) mass is 712 g/mol. The lowest BCUT2D eigenvalue weighted by Crippen LogP contribution is -2.54. The standard InChI is InChI=1S/C25H16Br2FIN2O4/c1-13-7-17(5-6-19(13)26)31-24(33)18(23(32)30-25(31)34)9-15-10-20(27)22(21(29)11-15)35-12-14-3-2-4-16(28)8-14/h2-11H,12H2,1H3,(H,30,32,34)/b18-9+. The van der Waals surface area contributed by atoms with Crippen molar-refractivity contribution in [2.24, 2.45) is 0 Å². The summed E-state index contributed by atoms with van der Waals surface area (Å²) in [4.78, 5) is 39.1. The number of imide groups is 2. The average molecular weight is 714 g/mol. The summed E-state index contributed by atoms with van der Waals surface area (Å²) in [6.45, 7) is 2.00. The van der Waals surface area contributed by atoms with Gasteiger partial charge in [-0.25, -0.2) is 14.1 Å². The zero-order valence-electron chi connectivity index (χ0n) is 18.1. The number of benzene rings is 3. The molecule has 6 nitrogen and oxygen atoms in total. The zero-order chi connectivity index (χ0) is 25.3. The third-order valence-electron chi connectivity index (χ3n) is 5.11. The highest BCUT2D eigenvalue weighted by Gasteiger charge is 2.37. The van der Waals surface area contributed by atoms with Gasteiger partial charge in [0.15, 0.2) is 0 Å². The molecular weight excluding hydrogens is 698 g/mol. The molecule has 0 unspecified atom stereocenters. The number of urea groups is 1. The van der Waals surface area contributed by atoms with Crippen molar-refractivity contribution in [2.75, 3.05) is 4.90 Å². The van der Waals surface area contributed by atoms with Gasteiger partial charge in [-0.15, -0.1) is 0 Å². The Morgan fingerprint density at radius 3 is 2.51 bits per heavy atom. The van der Waals surface area contributed by atoms with Crippen LogP contribution in [0.5, 0.6) is 5.75 Å². The van der Waals surface area contributed by atoms with E-state index in [2.05, 4.69) is 59.8 Å². The van der Waals surface area contributed by atoms with Crippen LogP contribution >= 0.6 is 54.5 Å². The molecule has 4 rings (SSSR count). The molecule has 1 aliphatic rings. The number of anilines is 1. The fraction of sp³-hybridized carbons (Fsp3) is 0.0800. The van der Waals surface area contributed by atoms with Crippen LogP contribution in [0.3, 0.4) is 0 Å². The van der Waals surface area contributed by atoms with E-state index in [9.17, 15) is 18.8 Å². The lowest BCUT2D eigenvalue weighted by Gasteiger charge is -2.26. The summed E-state index contributed by atoms with van der Waals surface area (Å²) in [5, 5.41) is 2.22. The summed E-state index contributed by atoms with van der Waals surface area (Å²) in [5.74, 6) is -1.30. The molecule has 1 aliphatic heterocycles. The van der Waals surface area contributed by atoms with Crippen LogP contribution in [0.25, 0.3) is 6.08 Å². The summed E-state index contributed by atoms with van der Waals surface area (Å²) < 4.78 is 21.4. The molecule has 10 heteroatoms. The van der Waals surface area contributed by atoms with Crippen molar-refractivity contribution in [1.82, 2.24) is 5.32 Å². The second-order valence-electron chi connectivity index (χ2n) is 7.62. The van der Waals surface area contributed by atoms with Gasteiger partial charge in [0.05, 0.1) is 13.7 Å². The number of rotatable bonds is 5.